The molecule has 1 aromatic carbocycles. The Morgan fingerprint density at radius 1 is 1.36 bits per heavy atom. The van der Waals surface area contributed by atoms with Gasteiger partial charge in [-0.1, -0.05) is 19.1 Å². The minimum absolute atomic E-state index is 0.685. The number of nitrogens with zero attached hydrogens (tertiary/aromatic N) is 1. The predicted molar refractivity (Wildman–Crippen MR) is 92.4 cm³/mol. The van der Waals surface area contributed by atoms with Crippen LogP contribution in [0.15, 0.2) is 24.4 Å². The second-order valence-corrected chi connectivity index (χ2v) is 7.15. The Hall–Kier alpha value is -1.32. The molecule has 0 amide bonds. The van der Waals surface area contributed by atoms with Crippen LogP contribution in [0.25, 0.3) is 10.9 Å². The van der Waals surface area contributed by atoms with E-state index >= 15 is 0 Å². The van der Waals surface area contributed by atoms with Crippen molar-refractivity contribution in [3.63, 3.8) is 0 Å². The Labute approximate surface area is 133 Å². The van der Waals surface area contributed by atoms with E-state index in [1.54, 1.807) is 5.56 Å². The number of benzene rings is 1. The fourth-order valence-electron chi connectivity index (χ4n) is 4.75. The second-order valence-electron chi connectivity index (χ2n) is 7.15. The summed E-state index contributed by atoms with van der Waals surface area (Å²) in [6.45, 7) is 5.69. The van der Waals surface area contributed by atoms with Crippen molar-refractivity contribution in [2.75, 3.05) is 26.7 Å². The molecule has 118 valence electrons. The van der Waals surface area contributed by atoms with Gasteiger partial charge < -0.3 is 15.2 Å². The summed E-state index contributed by atoms with van der Waals surface area (Å²) < 4.78 is 0. The summed E-state index contributed by atoms with van der Waals surface area (Å²) in [5.74, 6) is 1.53. The summed E-state index contributed by atoms with van der Waals surface area (Å²) in [5.41, 5.74) is 4.43. The fraction of sp³-hybridized carbons (Fsp3) is 0.579. The molecule has 22 heavy (non-hydrogen) atoms. The molecule has 0 unspecified atom stereocenters. The van der Waals surface area contributed by atoms with Crippen molar-refractivity contribution in [1.29, 1.82) is 0 Å². The van der Waals surface area contributed by atoms with Crippen LogP contribution >= 0.6 is 0 Å². The van der Waals surface area contributed by atoms with E-state index in [4.69, 9.17) is 0 Å². The minimum atomic E-state index is 0.685. The van der Waals surface area contributed by atoms with Crippen molar-refractivity contribution in [3.8, 4) is 0 Å². The van der Waals surface area contributed by atoms with Gasteiger partial charge in [0, 0.05) is 35.6 Å². The summed E-state index contributed by atoms with van der Waals surface area (Å²) in [5, 5.41) is 5.01. The third kappa shape index (κ3) is 2.27. The topological polar surface area (TPSA) is 31.1 Å². The molecule has 1 aliphatic carbocycles. The van der Waals surface area contributed by atoms with Gasteiger partial charge in [-0.15, -0.1) is 0 Å². The number of nitrogens with one attached hydrogen (secondary N) is 2. The van der Waals surface area contributed by atoms with Crippen molar-refractivity contribution in [2.45, 2.75) is 38.1 Å². The highest BCUT2D eigenvalue weighted by Crippen LogP contribution is 2.44. The quantitative estimate of drug-likeness (QED) is 0.850. The summed E-state index contributed by atoms with van der Waals surface area (Å²) in [6.07, 6.45) is 6.09. The van der Waals surface area contributed by atoms with Crippen LogP contribution in [-0.2, 0) is 6.42 Å². The number of likely N-dealkylation sites (N-methyl/N-ethyl adjacent to an activating group) is 1. The average Bonchev–Trinajstić information content (AvgIpc) is 2.94. The molecular weight excluding hydrogens is 270 g/mol. The highest BCUT2D eigenvalue weighted by molar-refractivity contribution is 5.88. The van der Waals surface area contributed by atoms with Crippen LogP contribution in [0.4, 0.5) is 0 Å². The van der Waals surface area contributed by atoms with E-state index in [2.05, 4.69) is 53.6 Å². The maximum absolute atomic E-state index is 3.49. The number of hydrogen-bond donors (Lipinski definition) is 2. The summed E-state index contributed by atoms with van der Waals surface area (Å²) in [7, 11) is 2.33. The zero-order chi connectivity index (χ0) is 15.1. The van der Waals surface area contributed by atoms with Crippen molar-refractivity contribution in [3.05, 3.63) is 35.5 Å². The van der Waals surface area contributed by atoms with Crippen molar-refractivity contribution >= 4 is 10.9 Å². The van der Waals surface area contributed by atoms with E-state index in [9.17, 15) is 0 Å². The largest absolute Gasteiger partial charge is 0.361 e. The van der Waals surface area contributed by atoms with E-state index in [-0.39, 0.29) is 0 Å². The first kappa shape index (κ1) is 14.3. The standard InChI is InChI=1S/C19H27N3/c1-3-20-8-7-13-9-16-15-5-4-6-17-19(15)14(11-21-17)10-18(16)22(2)12-13/h4-6,11,13,16,18,20-21H,3,7-10,12H2,1-2H3/t13-,16-,18-/m1/s1. The number of piperidine rings is 1. The maximum atomic E-state index is 3.49. The van der Waals surface area contributed by atoms with Crippen LogP contribution in [0, 0.1) is 5.92 Å². The Bertz CT molecular complexity index is 660. The highest BCUT2D eigenvalue weighted by Gasteiger charge is 2.38. The smallest absolute Gasteiger partial charge is 0.0459 e. The molecule has 4 rings (SSSR count). The lowest BCUT2D eigenvalue weighted by atomic mass is 9.72. The number of aromatic amines is 1. The van der Waals surface area contributed by atoms with Gasteiger partial charge in [0.15, 0.2) is 0 Å². The van der Waals surface area contributed by atoms with Gasteiger partial charge in [0.25, 0.3) is 0 Å². The molecule has 0 spiro atoms. The summed E-state index contributed by atoms with van der Waals surface area (Å²) >= 11 is 0. The van der Waals surface area contributed by atoms with Crippen molar-refractivity contribution < 1.29 is 0 Å². The molecule has 1 fully saturated rings. The highest BCUT2D eigenvalue weighted by atomic mass is 15.1. The first-order valence-electron chi connectivity index (χ1n) is 8.77. The number of rotatable bonds is 4. The van der Waals surface area contributed by atoms with Crippen LogP contribution in [0.1, 0.15) is 36.8 Å². The van der Waals surface area contributed by atoms with E-state index in [1.165, 1.54) is 42.3 Å². The lowest BCUT2D eigenvalue weighted by Crippen LogP contribution is -2.48. The van der Waals surface area contributed by atoms with Gasteiger partial charge >= 0.3 is 0 Å². The van der Waals surface area contributed by atoms with Crippen LogP contribution in [0.2, 0.25) is 0 Å². The maximum Gasteiger partial charge on any atom is 0.0459 e. The van der Waals surface area contributed by atoms with Gasteiger partial charge in [0.2, 0.25) is 0 Å². The number of likely N-dealkylation sites (tertiary alicyclic amines) is 1. The van der Waals surface area contributed by atoms with Crippen LogP contribution in [0.5, 0.6) is 0 Å². The number of hydrogen-bond acceptors (Lipinski definition) is 2. The number of H-pyrrole nitrogens is 1. The molecule has 2 heterocycles. The fourth-order valence-corrected chi connectivity index (χ4v) is 4.75. The van der Waals surface area contributed by atoms with Crippen molar-refractivity contribution in [1.82, 2.24) is 15.2 Å². The molecule has 1 saturated heterocycles. The first-order chi connectivity index (χ1) is 10.8. The third-order valence-electron chi connectivity index (χ3n) is 5.79. The van der Waals surface area contributed by atoms with Crippen LogP contribution in [0.3, 0.4) is 0 Å². The zero-order valence-electron chi connectivity index (χ0n) is 13.7. The van der Waals surface area contributed by atoms with Crippen molar-refractivity contribution in [2.24, 2.45) is 5.92 Å². The molecular formula is C19H27N3. The van der Waals surface area contributed by atoms with Crippen LogP contribution < -0.4 is 5.32 Å². The normalized spacial score (nSPS) is 28.0. The summed E-state index contributed by atoms with van der Waals surface area (Å²) in [6, 6.07) is 7.50. The predicted octanol–water partition coefficient (Wildman–Crippen LogP) is 3.13. The van der Waals surface area contributed by atoms with E-state index < -0.39 is 0 Å². The lowest BCUT2D eigenvalue weighted by Gasteiger charge is -2.45. The van der Waals surface area contributed by atoms with E-state index in [0.29, 0.717) is 12.0 Å². The first-order valence-corrected chi connectivity index (χ1v) is 8.77. The van der Waals surface area contributed by atoms with E-state index in [0.717, 1.165) is 19.0 Å². The van der Waals surface area contributed by atoms with Gasteiger partial charge in [0.1, 0.15) is 0 Å². The number of fused-ring (bicyclic) bond motifs is 2. The Balaban J connectivity index is 1.63. The Morgan fingerprint density at radius 2 is 2.27 bits per heavy atom. The molecule has 0 bridgehead atoms. The molecule has 2 N–H and O–H groups in total. The molecule has 3 heteroatoms. The SMILES string of the molecule is CCNCC[C@@H]1C[C@@H]2c3cccc4[nH]cc(c34)C[C@H]2N(C)C1. The summed E-state index contributed by atoms with van der Waals surface area (Å²) in [4.78, 5) is 6.09. The molecule has 1 aliphatic heterocycles. The van der Waals surface area contributed by atoms with Crippen LogP contribution in [-0.4, -0.2) is 42.6 Å². The third-order valence-corrected chi connectivity index (χ3v) is 5.79. The van der Waals surface area contributed by atoms with E-state index in [1.807, 2.05) is 0 Å². The monoisotopic (exact) mass is 297 g/mol. The molecule has 1 aromatic heterocycles. The Morgan fingerprint density at radius 3 is 3.14 bits per heavy atom. The molecule has 2 aromatic rings. The van der Waals surface area contributed by atoms with Gasteiger partial charge in [-0.25, -0.2) is 0 Å². The van der Waals surface area contributed by atoms with Gasteiger partial charge in [0.05, 0.1) is 0 Å². The molecule has 3 nitrogen and oxygen atoms in total. The molecule has 0 radical (unpaired) electrons. The second kappa shape index (κ2) is 5.71. The zero-order valence-corrected chi connectivity index (χ0v) is 13.7. The lowest BCUT2D eigenvalue weighted by molar-refractivity contribution is 0.108. The van der Waals surface area contributed by atoms with Gasteiger partial charge in [-0.2, -0.15) is 0 Å². The molecule has 3 atom stereocenters. The molecule has 0 saturated carbocycles. The van der Waals surface area contributed by atoms with Gasteiger partial charge in [-0.05, 0) is 62.5 Å². The Kier molecular flexibility index (Phi) is 3.71. The average molecular weight is 297 g/mol. The number of aromatic nitrogens is 1. The van der Waals surface area contributed by atoms with Gasteiger partial charge in [-0.3, -0.25) is 0 Å². The minimum Gasteiger partial charge on any atom is -0.361 e. The molecule has 2 aliphatic rings.